The fraction of sp³-hybridized carbons (Fsp3) is 0.308. The highest BCUT2D eigenvalue weighted by Crippen LogP contribution is 2.31. The number of nitrogens with zero attached hydrogens (tertiary/aromatic N) is 5. The zero-order valence-corrected chi connectivity index (χ0v) is 20.4. The lowest BCUT2D eigenvalue weighted by Crippen LogP contribution is -2.43. The van der Waals surface area contributed by atoms with Crippen molar-refractivity contribution in [1.82, 2.24) is 25.3 Å². The highest BCUT2D eigenvalue weighted by atomic mass is 35.5. The summed E-state index contributed by atoms with van der Waals surface area (Å²) in [6, 6.07) is 13.7. The number of piperidine rings is 1. The number of halogens is 2. The molecule has 1 aliphatic rings. The van der Waals surface area contributed by atoms with Crippen molar-refractivity contribution in [2.75, 3.05) is 18.0 Å². The molecule has 1 saturated heterocycles. The molecule has 1 amide bonds. The summed E-state index contributed by atoms with van der Waals surface area (Å²) in [6.07, 6.45) is 1.66. The van der Waals surface area contributed by atoms with E-state index in [9.17, 15) is 9.18 Å². The second kappa shape index (κ2) is 9.62. The number of aryl methyl sites for hydroxylation is 2. The van der Waals surface area contributed by atoms with Crippen LogP contribution in [0.15, 0.2) is 48.5 Å². The average Bonchev–Trinajstić information content (AvgIpc) is 3.22. The van der Waals surface area contributed by atoms with Crippen molar-refractivity contribution < 1.29 is 9.18 Å². The van der Waals surface area contributed by atoms with Crippen molar-refractivity contribution >= 4 is 34.2 Å². The first kappa shape index (κ1) is 23.2. The number of aromatic nitrogens is 4. The van der Waals surface area contributed by atoms with Crippen LogP contribution in [-0.4, -0.2) is 39.0 Å². The van der Waals surface area contributed by atoms with E-state index in [4.69, 9.17) is 16.7 Å². The Balaban J connectivity index is 1.39. The molecule has 1 fully saturated rings. The maximum atomic E-state index is 13.1. The normalized spacial score (nSPS) is 16.0. The highest BCUT2D eigenvalue weighted by molar-refractivity contribution is 6.30. The lowest BCUT2D eigenvalue weighted by molar-refractivity contribution is -0.125. The Morgan fingerprint density at radius 1 is 1.11 bits per heavy atom. The van der Waals surface area contributed by atoms with Crippen LogP contribution < -0.4 is 10.2 Å². The van der Waals surface area contributed by atoms with Crippen molar-refractivity contribution in [2.45, 2.75) is 33.2 Å². The molecule has 0 bridgehead atoms. The summed E-state index contributed by atoms with van der Waals surface area (Å²) in [5.41, 5.74) is 4.33. The Hall–Kier alpha value is -3.52. The third kappa shape index (κ3) is 4.71. The standard InChI is InChI=1S/C26H26ClFN6O/c1-16-23-17(2)34(22-11-7-20(27)8-12-22)32-24(23)25(31-30-16)33-13-3-4-19(15-33)26(35)29-14-18-5-9-21(28)10-6-18/h5-12,19H,3-4,13-15H2,1-2H3,(H,29,35). The Kier molecular flexibility index (Phi) is 6.38. The third-order valence-electron chi connectivity index (χ3n) is 6.53. The molecule has 4 aromatic rings. The summed E-state index contributed by atoms with van der Waals surface area (Å²) >= 11 is 6.07. The van der Waals surface area contributed by atoms with Gasteiger partial charge in [-0.1, -0.05) is 23.7 Å². The van der Waals surface area contributed by atoms with Crippen molar-refractivity contribution in [3.05, 3.63) is 76.3 Å². The monoisotopic (exact) mass is 492 g/mol. The first-order valence-electron chi connectivity index (χ1n) is 11.7. The minimum atomic E-state index is -0.290. The maximum absolute atomic E-state index is 13.1. The van der Waals surface area contributed by atoms with Crippen LogP contribution in [0.5, 0.6) is 0 Å². The van der Waals surface area contributed by atoms with Gasteiger partial charge in [0.2, 0.25) is 5.91 Å². The van der Waals surface area contributed by atoms with Gasteiger partial charge in [0.15, 0.2) is 5.82 Å². The van der Waals surface area contributed by atoms with Gasteiger partial charge in [0.05, 0.1) is 28.4 Å². The zero-order valence-electron chi connectivity index (χ0n) is 19.6. The van der Waals surface area contributed by atoms with Crippen LogP contribution in [0.25, 0.3) is 16.6 Å². The number of nitrogens with one attached hydrogen (secondary N) is 1. The molecular formula is C26H26ClFN6O. The van der Waals surface area contributed by atoms with Crippen LogP contribution in [0, 0.1) is 25.6 Å². The van der Waals surface area contributed by atoms with Crippen LogP contribution in [-0.2, 0) is 11.3 Å². The topological polar surface area (TPSA) is 75.9 Å². The number of fused-ring (bicyclic) bond motifs is 1. The molecule has 2 aromatic heterocycles. The van der Waals surface area contributed by atoms with E-state index >= 15 is 0 Å². The van der Waals surface area contributed by atoms with Gasteiger partial charge in [-0.15, -0.1) is 5.10 Å². The molecule has 1 unspecified atom stereocenters. The maximum Gasteiger partial charge on any atom is 0.225 e. The molecule has 1 N–H and O–H groups in total. The second-order valence-electron chi connectivity index (χ2n) is 8.94. The van der Waals surface area contributed by atoms with E-state index < -0.39 is 0 Å². The number of benzene rings is 2. The predicted octanol–water partition coefficient (Wildman–Crippen LogP) is 4.76. The average molecular weight is 493 g/mol. The minimum Gasteiger partial charge on any atom is -0.352 e. The number of hydrogen-bond acceptors (Lipinski definition) is 5. The molecule has 180 valence electrons. The lowest BCUT2D eigenvalue weighted by atomic mass is 9.97. The second-order valence-corrected chi connectivity index (χ2v) is 9.37. The van der Waals surface area contributed by atoms with E-state index in [0.717, 1.165) is 52.9 Å². The van der Waals surface area contributed by atoms with Crippen molar-refractivity contribution in [3.63, 3.8) is 0 Å². The molecule has 3 heterocycles. The molecule has 1 aliphatic heterocycles. The fourth-order valence-electron chi connectivity index (χ4n) is 4.68. The Labute approximate surface area is 207 Å². The molecule has 0 radical (unpaired) electrons. The van der Waals surface area contributed by atoms with E-state index in [1.807, 2.05) is 42.8 Å². The van der Waals surface area contributed by atoms with Gasteiger partial charge < -0.3 is 10.2 Å². The molecule has 0 aliphatic carbocycles. The summed E-state index contributed by atoms with van der Waals surface area (Å²) in [5, 5.41) is 18.4. The van der Waals surface area contributed by atoms with Gasteiger partial charge in [0.1, 0.15) is 11.3 Å². The first-order valence-corrected chi connectivity index (χ1v) is 12.0. The quantitative estimate of drug-likeness (QED) is 0.435. The van der Waals surface area contributed by atoms with E-state index in [1.54, 1.807) is 12.1 Å². The van der Waals surface area contributed by atoms with Gasteiger partial charge in [0.25, 0.3) is 0 Å². The van der Waals surface area contributed by atoms with Gasteiger partial charge in [-0.05, 0) is 68.7 Å². The van der Waals surface area contributed by atoms with Crippen LogP contribution in [0.1, 0.15) is 29.8 Å². The molecule has 0 spiro atoms. The van der Waals surface area contributed by atoms with Gasteiger partial charge in [-0.25, -0.2) is 9.07 Å². The van der Waals surface area contributed by atoms with E-state index in [0.29, 0.717) is 23.9 Å². The predicted molar refractivity (Wildman–Crippen MR) is 134 cm³/mol. The van der Waals surface area contributed by atoms with Crippen LogP contribution in [0.3, 0.4) is 0 Å². The number of rotatable bonds is 5. The van der Waals surface area contributed by atoms with E-state index in [-0.39, 0.29) is 17.6 Å². The molecule has 9 heteroatoms. The first-order chi connectivity index (χ1) is 16.9. The van der Waals surface area contributed by atoms with E-state index in [1.165, 1.54) is 12.1 Å². The van der Waals surface area contributed by atoms with E-state index in [2.05, 4.69) is 20.4 Å². The SMILES string of the molecule is Cc1nnc(N2CCCC(C(=O)NCc3ccc(F)cc3)C2)c2nn(-c3ccc(Cl)cc3)c(C)c12. The lowest BCUT2D eigenvalue weighted by Gasteiger charge is -2.32. The zero-order chi connectivity index (χ0) is 24.5. The molecule has 0 saturated carbocycles. The molecule has 2 aromatic carbocycles. The minimum absolute atomic E-state index is 0.0155. The van der Waals surface area contributed by atoms with Gasteiger partial charge in [-0.2, -0.15) is 10.2 Å². The Morgan fingerprint density at radius 3 is 2.60 bits per heavy atom. The van der Waals surface area contributed by atoms with Gasteiger partial charge in [-0.3, -0.25) is 4.79 Å². The fourth-order valence-corrected chi connectivity index (χ4v) is 4.80. The molecule has 5 rings (SSSR count). The number of carbonyl (C=O) groups excluding carboxylic acids is 1. The van der Waals surface area contributed by atoms with Crippen molar-refractivity contribution in [3.8, 4) is 5.69 Å². The summed E-state index contributed by atoms with van der Waals surface area (Å²) < 4.78 is 15.0. The number of anilines is 1. The molecular weight excluding hydrogens is 467 g/mol. The summed E-state index contributed by atoms with van der Waals surface area (Å²) in [5.74, 6) is 0.208. The number of carbonyl (C=O) groups is 1. The Morgan fingerprint density at radius 2 is 1.86 bits per heavy atom. The number of hydrogen-bond donors (Lipinski definition) is 1. The number of amides is 1. The van der Waals surface area contributed by atoms with Gasteiger partial charge >= 0.3 is 0 Å². The van der Waals surface area contributed by atoms with Crippen LogP contribution in [0.4, 0.5) is 10.2 Å². The summed E-state index contributed by atoms with van der Waals surface area (Å²) in [6.45, 7) is 5.64. The highest BCUT2D eigenvalue weighted by Gasteiger charge is 2.29. The summed E-state index contributed by atoms with van der Waals surface area (Å²) in [4.78, 5) is 15.0. The van der Waals surface area contributed by atoms with Crippen molar-refractivity contribution in [2.24, 2.45) is 5.92 Å². The largest absolute Gasteiger partial charge is 0.352 e. The molecule has 7 nitrogen and oxygen atoms in total. The third-order valence-corrected chi connectivity index (χ3v) is 6.78. The smallest absolute Gasteiger partial charge is 0.225 e. The van der Waals surface area contributed by atoms with Gasteiger partial charge in [0, 0.05) is 24.7 Å². The summed E-state index contributed by atoms with van der Waals surface area (Å²) in [7, 11) is 0. The Bertz CT molecular complexity index is 1370. The van der Waals surface area contributed by atoms with Crippen molar-refractivity contribution in [1.29, 1.82) is 0 Å². The van der Waals surface area contributed by atoms with Crippen LogP contribution in [0.2, 0.25) is 5.02 Å². The molecule has 35 heavy (non-hydrogen) atoms. The molecule has 1 atom stereocenters. The van der Waals surface area contributed by atoms with Crippen LogP contribution >= 0.6 is 11.6 Å².